The summed E-state index contributed by atoms with van der Waals surface area (Å²) in [5, 5.41) is 5.78. The zero-order chi connectivity index (χ0) is 15.9. The molecule has 0 aliphatic carbocycles. The van der Waals surface area contributed by atoms with Crippen LogP contribution in [0.25, 0.3) is 17.5 Å². The van der Waals surface area contributed by atoms with Gasteiger partial charge in [0, 0.05) is 30.6 Å². The Balaban J connectivity index is 1.48. The highest BCUT2D eigenvalue weighted by Crippen LogP contribution is 2.19. The molecular formula is C17H15N3O2S. The van der Waals surface area contributed by atoms with Crippen molar-refractivity contribution in [1.82, 2.24) is 15.3 Å². The molecule has 0 aliphatic heterocycles. The van der Waals surface area contributed by atoms with E-state index in [1.54, 1.807) is 42.0 Å². The number of pyridine rings is 1. The maximum Gasteiger partial charge on any atom is 0.244 e. The van der Waals surface area contributed by atoms with E-state index in [2.05, 4.69) is 15.3 Å². The van der Waals surface area contributed by atoms with Crippen LogP contribution in [0.1, 0.15) is 10.8 Å². The SMILES string of the molecule is O=C(/C=C/c1ccco1)NCCc1nc(-c2ccccn2)cs1. The van der Waals surface area contributed by atoms with Crippen LogP contribution in [0, 0.1) is 0 Å². The minimum atomic E-state index is -0.150. The highest BCUT2D eigenvalue weighted by Gasteiger charge is 2.05. The number of nitrogens with zero attached hydrogens (tertiary/aromatic N) is 2. The van der Waals surface area contributed by atoms with Crippen LogP contribution < -0.4 is 5.32 Å². The van der Waals surface area contributed by atoms with Crippen LogP contribution in [0.15, 0.2) is 58.7 Å². The number of hydrogen-bond donors (Lipinski definition) is 1. The van der Waals surface area contributed by atoms with Gasteiger partial charge in [-0.05, 0) is 30.3 Å². The highest BCUT2D eigenvalue weighted by molar-refractivity contribution is 7.09. The van der Waals surface area contributed by atoms with Crippen molar-refractivity contribution in [1.29, 1.82) is 0 Å². The van der Waals surface area contributed by atoms with E-state index in [1.165, 1.54) is 6.08 Å². The monoisotopic (exact) mass is 325 g/mol. The molecule has 1 amide bonds. The summed E-state index contributed by atoms with van der Waals surface area (Å²) in [4.78, 5) is 20.5. The van der Waals surface area contributed by atoms with Gasteiger partial charge in [0.05, 0.1) is 22.7 Å². The van der Waals surface area contributed by atoms with E-state index in [1.807, 2.05) is 23.6 Å². The molecule has 3 rings (SSSR count). The topological polar surface area (TPSA) is 68.0 Å². The number of rotatable bonds is 6. The Kier molecular flexibility index (Phi) is 4.95. The molecule has 1 N–H and O–H groups in total. The normalized spacial score (nSPS) is 11.0. The predicted octanol–water partition coefficient (Wildman–Crippen LogP) is 3.17. The Hall–Kier alpha value is -2.73. The van der Waals surface area contributed by atoms with E-state index in [4.69, 9.17) is 4.42 Å². The Bertz CT molecular complexity index is 779. The lowest BCUT2D eigenvalue weighted by Crippen LogP contribution is -2.23. The van der Waals surface area contributed by atoms with Gasteiger partial charge in [-0.1, -0.05) is 6.07 Å². The first-order valence-corrected chi connectivity index (χ1v) is 8.04. The molecular weight excluding hydrogens is 310 g/mol. The van der Waals surface area contributed by atoms with Gasteiger partial charge < -0.3 is 9.73 Å². The molecule has 116 valence electrons. The van der Waals surface area contributed by atoms with Crippen LogP contribution in [-0.4, -0.2) is 22.4 Å². The number of nitrogens with one attached hydrogen (secondary N) is 1. The maximum atomic E-state index is 11.7. The number of amides is 1. The van der Waals surface area contributed by atoms with Crippen molar-refractivity contribution in [3.63, 3.8) is 0 Å². The molecule has 0 saturated carbocycles. The average Bonchev–Trinajstić information content (AvgIpc) is 3.26. The second-order valence-electron chi connectivity index (χ2n) is 4.73. The van der Waals surface area contributed by atoms with Crippen LogP contribution in [0.2, 0.25) is 0 Å². The summed E-state index contributed by atoms with van der Waals surface area (Å²) in [5.74, 6) is 0.503. The average molecular weight is 325 g/mol. The van der Waals surface area contributed by atoms with Crippen molar-refractivity contribution >= 4 is 23.3 Å². The Labute approximate surface area is 137 Å². The molecule has 3 heterocycles. The number of carbonyl (C=O) groups is 1. The van der Waals surface area contributed by atoms with Gasteiger partial charge in [0.25, 0.3) is 0 Å². The Morgan fingerprint density at radius 3 is 3.00 bits per heavy atom. The van der Waals surface area contributed by atoms with Crippen LogP contribution >= 0.6 is 11.3 Å². The first-order valence-electron chi connectivity index (χ1n) is 7.16. The molecule has 0 spiro atoms. The van der Waals surface area contributed by atoms with Crippen molar-refractivity contribution in [3.05, 3.63) is 65.0 Å². The second-order valence-corrected chi connectivity index (χ2v) is 5.67. The third-order valence-corrected chi connectivity index (χ3v) is 3.97. The van der Waals surface area contributed by atoms with E-state index >= 15 is 0 Å². The lowest BCUT2D eigenvalue weighted by Gasteiger charge is -1.99. The van der Waals surface area contributed by atoms with E-state index < -0.39 is 0 Å². The van der Waals surface area contributed by atoms with Gasteiger partial charge in [-0.2, -0.15) is 0 Å². The van der Waals surface area contributed by atoms with Gasteiger partial charge in [-0.3, -0.25) is 9.78 Å². The fourth-order valence-corrected chi connectivity index (χ4v) is 2.75. The zero-order valence-corrected chi connectivity index (χ0v) is 13.1. The number of aromatic nitrogens is 2. The summed E-state index contributed by atoms with van der Waals surface area (Å²) < 4.78 is 5.12. The molecule has 5 nitrogen and oxygen atoms in total. The minimum Gasteiger partial charge on any atom is -0.465 e. The zero-order valence-electron chi connectivity index (χ0n) is 12.3. The van der Waals surface area contributed by atoms with Crippen LogP contribution in [0.5, 0.6) is 0 Å². The van der Waals surface area contributed by atoms with Gasteiger partial charge in [-0.15, -0.1) is 11.3 Å². The summed E-state index contributed by atoms with van der Waals surface area (Å²) in [7, 11) is 0. The first kappa shape index (κ1) is 15.2. The fourth-order valence-electron chi connectivity index (χ4n) is 1.95. The summed E-state index contributed by atoms with van der Waals surface area (Å²) in [6.45, 7) is 0.538. The van der Waals surface area contributed by atoms with Gasteiger partial charge in [-0.25, -0.2) is 4.98 Å². The second kappa shape index (κ2) is 7.51. The summed E-state index contributed by atoms with van der Waals surface area (Å²) in [5.41, 5.74) is 1.73. The Morgan fingerprint density at radius 1 is 1.26 bits per heavy atom. The molecule has 23 heavy (non-hydrogen) atoms. The number of thiazole rings is 1. The molecule has 0 atom stereocenters. The van der Waals surface area contributed by atoms with Crippen molar-refractivity contribution in [2.75, 3.05) is 6.54 Å². The molecule has 0 aromatic carbocycles. The number of carbonyl (C=O) groups excluding carboxylic acids is 1. The molecule has 6 heteroatoms. The third-order valence-electron chi connectivity index (χ3n) is 3.06. The summed E-state index contributed by atoms with van der Waals surface area (Å²) in [6.07, 6.45) is 7.11. The predicted molar refractivity (Wildman–Crippen MR) is 89.8 cm³/mol. The van der Waals surface area contributed by atoms with Gasteiger partial charge >= 0.3 is 0 Å². The van der Waals surface area contributed by atoms with E-state index in [9.17, 15) is 4.79 Å². The van der Waals surface area contributed by atoms with Gasteiger partial charge in [0.2, 0.25) is 5.91 Å². The van der Waals surface area contributed by atoms with E-state index in [0.29, 0.717) is 18.7 Å². The standard InChI is InChI=1S/C17H15N3O2S/c21-16(7-6-13-4-3-11-22-13)19-10-8-17-20-15(12-23-17)14-5-1-2-9-18-14/h1-7,9,11-12H,8,10H2,(H,19,21)/b7-6+. The van der Waals surface area contributed by atoms with E-state index in [-0.39, 0.29) is 5.91 Å². The molecule has 0 unspecified atom stereocenters. The van der Waals surface area contributed by atoms with Crippen LogP contribution in [0.3, 0.4) is 0 Å². The van der Waals surface area contributed by atoms with E-state index in [0.717, 1.165) is 16.4 Å². The molecule has 0 saturated heterocycles. The summed E-state index contributed by atoms with van der Waals surface area (Å²) in [6, 6.07) is 9.31. The van der Waals surface area contributed by atoms with Crippen molar-refractivity contribution in [3.8, 4) is 11.4 Å². The quantitative estimate of drug-likeness (QED) is 0.707. The van der Waals surface area contributed by atoms with Crippen molar-refractivity contribution in [2.45, 2.75) is 6.42 Å². The minimum absolute atomic E-state index is 0.150. The number of furan rings is 1. The van der Waals surface area contributed by atoms with Gasteiger partial charge in [0.1, 0.15) is 5.76 Å². The molecule has 0 aliphatic rings. The molecule has 0 fully saturated rings. The fraction of sp³-hybridized carbons (Fsp3) is 0.118. The highest BCUT2D eigenvalue weighted by atomic mass is 32.1. The van der Waals surface area contributed by atoms with Crippen molar-refractivity contribution < 1.29 is 9.21 Å². The first-order chi connectivity index (χ1) is 11.3. The molecule has 3 aromatic heterocycles. The summed E-state index contributed by atoms with van der Waals surface area (Å²) >= 11 is 1.57. The number of hydrogen-bond acceptors (Lipinski definition) is 5. The third kappa shape index (κ3) is 4.37. The Morgan fingerprint density at radius 2 is 2.22 bits per heavy atom. The lowest BCUT2D eigenvalue weighted by molar-refractivity contribution is -0.116. The smallest absolute Gasteiger partial charge is 0.244 e. The maximum absolute atomic E-state index is 11.7. The van der Waals surface area contributed by atoms with Crippen LogP contribution in [0.4, 0.5) is 0 Å². The lowest BCUT2D eigenvalue weighted by atomic mass is 10.3. The van der Waals surface area contributed by atoms with Gasteiger partial charge in [0.15, 0.2) is 0 Å². The molecule has 0 radical (unpaired) electrons. The van der Waals surface area contributed by atoms with Crippen LogP contribution in [-0.2, 0) is 11.2 Å². The van der Waals surface area contributed by atoms with Crippen molar-refractivity contribution in [2.24, 2.45) is 0 Å². The molecule has 0 bridgehead atoms. The molecule has 3 aromatic rings. The largest absolute Gasteiger partial charge is 0.465 e.